The third-order valence-corrected chi connectivity index (χ3v) is 2.14. The average Bonchev–Trinajstić information content (AvgIpc) is 2.07. The Balaban J connectivity index is 2.66. The molecule has 0 fully saturated rings. The standard InChI is InChI=1S/C11H17N/c1-9-7-5-4-6-8-10(2)12-11(9)3/h4-6,8-10,12H,3,7H2,1-2H3/b5-4-,8-6-. The van der Waals surface area contributed by atoms with Crippen LogP contribution in [0.15, 0.2) is 36.6 Å². The summed E-state index contributed by atoms with van der Waals surface area (Å²) in [6, 6.07) is 0.391. The van der Waals surface area contributed by atoms with Crippen LogP contribution in [0.2, 0.25) is 0 Å². The molecule has 1 nitrogen and oxygen atoms in total. The molecule has 1 heterocycles. The molecule has 0 saturated carbocycles. The van der Waals surface area contributed by atoms with Gasteiger partial charge in [-0.3, -0.25) is 0 Å². The summed E-state index contributed by atoms with van der Waals surface area (Å²) >= 11 is 0. The molecule has 66 valence electrons. The monoisotopic (exact) mass is 163 g/mol. The maximum atomic E-state index is 4.01. The lowest BCUT2D eigenvalue weighted by Gasteiger charge is -2.17. The molecule has 0 aromatic heterocycles. The Kier molecular flexibility index (Phi) is 3.15. The quantitative estimate of drug-likeness (QED) is 0.579. The molecule has 2 unspecified atom stereocenters. The van der Waals surface area contributed by atoms with E-state index in [-0.39, 0.29) is 0 Å². The van der Waals surface area contributed by atoms with E-state index in [4.69, 9.17) is 0 Å². The second-order valence-electron chi connectivity index (χ2n) is 3.41. The first kappa shape index (κ1) is 9.11. The van der Waals surface area contributed by atoms with Gasteiger partial charge in [0.15, 0.2) is 0 Å². The summed E-state index contributed by atoms with van der Waals surface area (Å²) < 4.78 is 0. The van der Waals surface area contributed by atoms with E-state index in [1.807, 2.05) is 0 Å². The topological polar surface area (TPSA) is 12.0 Å². The predicted molar refractivity (Wildman–Crippen MR) is 53.8 cm³/mol. The highest BCUT2D eigenvalue weighted by molar-refractivity contribution is 5.12. The molecule has 0 bridgehead atoms. The largest absolute Gasteiger partial charge is 0.383 e. The van der Waals surface area contributed by atoms with Crippen LogP contribution in [0.4, 0.5) is 0 Å². The van der Waals surface area contributed by atoms with Crippen LogP contribution in [0.1, 0.15) is 20.3 Å². The lowest BCUT2D eigenvalue weighted by Crippen LogP contribution is -2.25. The molecule has 1 heteroatoms. The van der Waals surface area contributed by atoms with E-state index < -0.39 is 0 Å². The maximum absolute atomic E-state index is 4.01. The molecular weight excluding hydrogens is 146 g/mol. The Bertz CT molecular complexity index is 213. The van der Waals surface area contributed by atoms with Crippen LogP contribution in [-0.4, -0.2) is 6.04 Å². The summed E-state index contributed by atoms with van der Waals surface area (Å²) in [6.07, 6.45) is 9.59. The lowest BCUT2D eigenvalue weighted by molar-refractivity contribution is 0.592. The summed E-state index contributed by atoms with van der Waals surface area (Å²) in [4.78, 5) is 0. The molecule has 0 spiro atoms. The van der Waals surface area contributed by atoms with Crippen LogP contribution in [0, 0.1) is 5.92 Å². The first-order valence-corrected chi connectivity index (χ1v) is 4.49. The van der Waals surface area contributed by atoms with Crippen molar-refractivity contribution in [3.05, 3.63) is 36.6 Å². The second-order valence-corrected chi connectivity index (χ2v) is 3.41. The molecule has 1 aliphatic heterocycles. The van der Waals surface area contributed by atoms with E-state index in [0.29, 0.717) is 12.0 Å². The molecule has 2 atom stereocenters. The van der Waals surface area contributed by atoms with Crippen molar-refractivity contribution in [2.75, 3.05) is 0 Å². The van der Waals surface area contributed by atoms with Gasteiger partial charge < -0.3 is 5.32 Å². The molecular formula is C11H17N. The smallest absolute Gasteiger partial charge is 0.0416 e. The lowest BCUT2D eigenvalue weighted by atomic mass is 10.0. The second kappa shape index (κ2) is 4.15. The van der Waals surface area contributed by atoms with Gasteiger partial charge in [0, 0.05) is 11.7 Å². The minimum absolute atomic E-state index is 0.391. The van der Waals surface area contributed by atoms with Crippen LogP contribution in [0.5, 0.6) is 0 Å². The van der Waals surface area contributed by atoms with Crippen molar-refractivity contribution in [1.82, 2.24) is 5.32 Å². The molecule has 0 aromatic carbocycles. The van der Waals surface area contributed by atoms with E-state index in [0.717, 1.165) is 12.1 Å². The van der Waals surface area contributed by atoms with Crippen LogP contribution >= 0.6 is 0 Å². The average molecular weight is 163 g/mol. The number of allylic oxidation sites excluding steroid dienone is 4. The number of rotatable bonds is 0. The van der Waals surface area contributed by atoms with Crippen LogP contribution < -0.4 is 5.32 Å². The molecule has 0 saturated heterocycles. The van der Waals surface area contributed by atoms with Gasteiger partial charge in [0.1, 0.15) is 0 Å². The molecule has 0 amide bonds. The minimum atomic E-state index is 0.391. The highest BCUT2D eigenvalue weighted by atomic mass is 14.9. The van der Waals surface area contributed by atoms with Crippen molar-refractivity contribution in [3.63, 3.8) is 0 Å². The highest BCUT2D eigenvalue weighted by Gasteiger charge is 2.06. The van der Waals surface area contributed by atoms with E-state index in [9.17, 15) is 0 Å². The molecule has 0 aromatic rings. The van der Waals surface area contributed by atoms with Gasteiger partial charge in [-0.1, -0.05) is 37.8 Å². The van der Waals surface area contributed by atoms with Crippen molar-refractivity contribution >= 4 is 0 Å². The zero-order valence-electron chi connectivity index (χ0n) is 7.88. The molecule has 12 heavy (non-hydrogen) atoms. The summed E-state index contributed by atoms with van der Waals surface area (Å²) in [5.74, 6) is 0.531. The van der Waals surface area contributed by atoms with E-state index in [1.165, 1.54) is 0 Å². The predicted octanol–water partition coefficient (Wildman–Crippen LogP) is 2.63. The summed E-state index contributed by atoms with van der Waals surface area (Å²) in [7, 11) is 0. The zero-order chi connectivity index (χ0) is 8.97. The van der Waals surface area contributed by atoms with Gasteiger partial charge in [0.2, 0.25) is 0 Å². The summed E-state index contributed by atoms with van der Waals surface area (Å²) in [5, 5.41) is 3.35. The number of hydrogen-bond acceptors (Lipinski definition) is 1. The Hall–Kier alpha value is -0.980. The zero-order valence-corrected chi connectivity index (χ0v) is 7.88. The first-order valence-electron chi connectivity index (χ1n) is 4.49. The van der Waals surface area contributed by atoms with E-state index in [1.54, 1.807) is 0 Å². The Labute approximate surface area is 74.9 Å². The molecule has 1 aliphatic rings. The fourth-order valence-corrected chi connectivity index (χ4v) is 1.22. The fourth-order valence-electron chi connectivity index (χ4n) is 1.22. The SMILES string of the molecule is C=C1NC(C)/C=C\C=C/CC1C. The molecule has 1 N–H and O–H groups in total. The van der Waals surface area contributed by atoms with Gasteiger partial charge in [-0.2, -0.15) is 0 Å². The minimum Gasteiger partial charge on any atom is -0.383 e. The summed E-state index contributed by atoms with van der Waals surface area (Å²) in [5.41, 5.74) is 1.14. The molecule has 1 rings (SSSR count). The van der Waals surface area contributed by atoms with Gasteiger partial charge in [0.25, 0.3) is 0 Å². The van der Waals surface area contributed by atoms with E-state index >= 15 is 0 Å². The van der Waals surface area contributed by atoms with Gasteiger partial charge in [-0.15, -0.1) is 0 Å². The van der Waals surface area contributed by atoms with Crippen molar-refractivity contribution in [1.29, 1.82) is 0 Å². The van der Waals surface area contributed by atoms with Gasteiger partial charge in [0.05, 0.1) is 0 Å². The van der Waals surface area contributed by atoms with Crippen LogP contribution in [-0.2, 0) is 0 Å². The Morgan fingerprint density at radius 1 is 1.42 bits per heavy atom. The Morgan fingerprint density at radius 2 is 2.17 bits per heavy atom. The molecule has 0 aliphatic carbocycles. The van der Waals surface area contributed by atoms with Gasteiger partial charge in [-0.05, 0) is 19.3 Å². The number of nitrogens with one attached hydrogen (secondary N) is 1. The summed E-state index contributed by atoms with van der Waals surface area (Å²) in [6.45, 7) is 8.33. The van der Waals surface area contributed by atoms with E-state index in [2.05, 4.69) is 50.0 Å². The molecule has 0 radical (unpaired) electrons. The maximum Gasteiger partial charge on any atom is 0.0416 e. The van der Waals surface area contributed by atoms with Crippen molar-refractivity contribution < 1.29 is 0 Å². The normalized spacial score (nSPS) is 35.7. The van der Waals surface area contributed by atoms with Crippen molar-refractivity contribution in [3.8, 4) is 0 Å². The first-order chi connectivity index (χ1) is 5.70. The van der Waals surface area contributed by atoms with Crippen molar-refractivity contribution in [2.45, 2.75) is 26.3 Å². The van der Waals surface area contributed by atoms with Crippen LogP contribution in [0.3, 0.4) is 0 Å². The highest BCUT2D eigenvalue weighted by Crippen LogP contribution is 2.12. The van der Waals surface area contributed by atoms with Gasteiger partial charge in [-0.25, -0.2) is 0 Å². The third-order valence-electron chi connectivity index (χ3n) is 2.14. The fraction of sp³-hybridized carbons (Fsp3) is 0.455. The third kappa shape index (κ3) is 2.57. The van der Waals surface area contributed by atoms with Gasteiger partial charge >= 0.3 is 0 Å². The Morgan fingerprint density at radius 3 is 2.92 bits per heavy atom. The van der Waals surface area contributed by atoms with Crippen LogP contribution in [0.25, 0.3) is 0 Å². The number of hydrogen-bond donors (Lipinski definition) is 1. The van der Waals surface area contributed by atoms with Crippen molar-refractivity contribution in [2.24, 2.45) is 5.92 Å².